The number of fused-ring (bicyclic) bond motifs is 1. The molecule has 21 heavy (non-hydrogen) atoms. The molecule has 4 heteroatoms. The SMILES string of the molecule is CCC1(CC)O[C@H]2CC[C@@H](C)CC2N(CCCOC)C1=O. The Kier molecular flexibility index (Phi) is 5.67. The quantitative estimate of drug-likeness (QED) is 0.707. The van der Waals surface area contributed by atoms with E-state index in [0.29, 0.717) is 12.5 Å². The van der Waals surface area contributed by atoms with Crippen LogP contribution in [0.15, 0.2) is 0 Å². The van der Waals surface area contributed by atoms with Crippen LogP contribution in [0.5, 0.6) is 0 Å². The maximum absolute atomic E-state index is 13.0. The lowest BCUT2D eigenvalue weighted by Gasteiger charge is -2.52. The summed E-state index contributed by atoms with van der Waals surface area (Å²) in [6.07, 6.45) is 6.04. The van der Waals surface area contributed by atoms with Crippen molar-refractivity contribution in [3.8, 4) is 0 Å². The molecule has 1 heterocycles. The van der Waals surface area contributed by atoms with Crippen molar-refractivity contribution in [2.75, 3.05) is 20.3 Å². The van der Waals surface area contributed by atoms with Gasteiger partial charge in [-0.3, -0.25) is 4.79 Å². The van der Waals surface area contributed by atoms with E-state index in [4.69, 9.17) is 9.47 Å². The Bertz CT molecular complexity index is 354. The second-order valence-electron chi connectivity index (χ2n) is 6.69. The molecule has 0 radical (unpaired) electrons. The first kappa shape index (κ1) is 16.8. The van der Waals surface area contributed by atoms with Gasteiger partial charge < -0.3 is 14.4 Å². The monoisotopic (exact) mass is 297 g/mol. The normalized spacial score (nSPS) is 32.1. The fourth-order valence-electron chi connectivity index (χ4n) is 3.91. The Morgan fingerprint density at radius 2 is 2.05 bits per heavy atom. The van der Waals surface area contributed by atoms with E-state index >= 15 is 0 Å². The number of rotatable bonds is 6. The lowest BCUT2D eigenvalue weighted by molar-refractivity contribution is -0.207. The maximum Gasteiger partial charge on any atom is 0.255 e. The average Bonchev–Trinajstić information content (AvgIpc) is 2.50. The molecular weight excluding hydrogens is 266 g/mol. The molecule has 0 spiro atoms. The van der Waals surface area contributed by atoms with Gasteiger partial charge in [0.25, 0.3) is 5.91 Å². The molecular formula is C17H31NO3. The minimum atomic E-state index is -0.588. The summed E-state index contributed by atoms with van der Waals surface area (Å²) in [6.45, 7) is 7.94. The number of amides is 1. The molecule has 2 fully saturated rings. The van der Waals surface area contributed by atoms with Gasteiger partial charge in [0.15, 0.2) is 0 Å². The fraction of sp³-hybridized carbons (Fsp3) is 0.941. The lowest BCUT2D eigenvalue weighted by atomic mass is 9.80. The highest BCUT2D eigenvalue weighted by Gasteiger charge is 2.51. The minimum absolute atomic E-state index is 0.207. The molecule has 1 saturated heterocycles. The van der Waals surface area contributed by atoms with Crippen molar-refractivity contribution in [3.05, 3.63) is 0 Å². The van der Waals surface area contributed by atoms with Crippen molar-refractivity contribution in [3.63, 3.8) is 0 Å². The highest BCUT2D eigenvalue weighted by molar-refractivity contribution is 5.86. The van der Waals surface area contributed by atoms with Crippen LogP contribution in [0.3, 0.4) is 0 Å². The third kappa shape index (κ3) is 3.26. The minimum Gasteiger partial charge on any atom is -0.385 e. The number of carbonyl (C=O) groups is 1. The number of morpholine rings is 1. The van der Waals surface area contributed by atoms with Gasteiger partial charge in [-0.1, -0.05) is 20.8 Å². The van der Waals surface area contributed by atoms with Crippen LogP contribution in [0.25, 0.3) is 0 Å². The first-order valence-electron chi connectivity index (χ1n) is 8.55. The first-order valence-corrected chi connectivity index (χ1v) is 8.55. The molecule has 1 amide bonds. The highest BCUT2D eigenvalue weighted by atomic mass is 16.5. The number of carbonyl (C=O) groups excluding carboxylic acids is 1. The van der Waals surface area contributed by atoms with Crippen LogP contribution in [-0.4, -0.2) is 48.8 Å². The smallest absolute Gasteiger partial charge is 0.255 e. The number of methoxy groups -OCH3 is 1. The Morgan fingerprint density at radius 1 is 1.33 bits per heavy atom. The Balaban J connectivity index is 2.19. The van der Waals surface area contributed by atoms with Crippen LogP contribution in [0, 0.1) is 5.92 Å². The largest absolute Gasteiger partial charge is 0.385 e. The fourth-order valence-corrected chi connectivity index (χ4v) is 3.91. The molecule has 3 atom stereocenters. The van der Waals surface area contributed by atoms with Crippen molar-refractivity contribution >= 4 is 5.91 Å². The van der Waals surface area contributed by atoms with E-state index in [1.54, 1.807) is 7.11 Å². The van der Waals surface area contributed by atoms with Crippen LogP contribution in [-0.2, 0) is 14.3 Å². The first-order chi connectivity index (χ1) is 10.1. The van der Waals surface area contributed by atoms with Crippen LogP contribution in [0.4, 0.5) is 0 Å². The molecule has 1 aliphatic heterocycles. The summed E-state index contributed by atoms with van der Waals surface area (Å²) in [6, 6.07) is 0.268. The second-order valence-corrected chi connectivity index (χ2v) is 6.69. The highest BCUT2D eigenvalue weighted by Crippen LogP contribution is 2.40. The van der Waals surface area contributed by atoms with Gasteiger partial charge in [0.2, 0.25) is 0 Å². The van der Waals surface area contributed by atoms with Crippen LogP contribution >= 0.6 is 0 Å². The van der Waals surface area contributed by atoms with Gasteiger partial charge in [-0.15, -0.1) is 0 Å². The van der Waals surface area contributed by atoms with Gasteiger partial charge in [0.1, 0.15) is 5.60 Å². The third-order valence-electron chi connectivity index (χ3n) is 5.33. The number of hydrogen-bond donors (Lipinski definition) is 0. The van der Waals surface area contributed by atoms with Crippen molar-refractivity contribution in [1.82, 2.24) is 4.90 Å². The molecule has 2 aliphatic rings. The average molecular weight is 297 g/mol. The zero-order valence-electron chi connectivity index (χ0n) is 14.1. The Labute approximate surface area is 129 Å². The summed E-state index contributed by atoms with van der Waals surface area (Å²) in [5.41, 5.74) is -0.588. The molecule has 4 nitrogen and oxygen atoms in total. The van der Waals surface area contributed by atoms with E-state index < -0.39 is 5.60 Å². The Hall–Kier alpha value is -0.610. The van der Waals surface area contributed by atoms with Crippen molar-refractivity contribution < 1.29 is 14.3 Å². The summed E-state index contributed by atoms with van der Waals surface area (Å²) in [7, 11) is 1.72. The summed E-state index contributed by atoms with van der Waals surface area (Å²) < 4.78 is 11.5. The topological polar surface area (TPSA) is 38.8 Å². The molecule has 0 bridgehead atoms. The van der Waals surface area contributed by atoms with Crippen LogP contribution in [0.1, 0.15) is 59.3 Å². The summed E-state index contributed by atoms with van der Waals surface area (Å²) in [4.78, 5) is 15.1. The number of nitrogens with zero attached hydrogens (tertiary/aromatic N) is 1. The van der Waals surface area contributed by atoms with E-state index in [0.717, 1.165) is 38.6 Å². The van der Waals surface area contributed by atoms with Gasteiger partial charge in [-0.25, -0.2) is 0 Å². The van der Waals surface area contributed by atoms with Crippen molar-refractivity contribution in [1.29, 1.82) is 0 Å². The van der Waals surface area contributed by atoms with E-state index in [-0.39, 0.29) is 18.1 Å². The van der Waals surface area contributed by atoms with Gasteiger partial charge in [-0.05, 0) is 44.4 Å². The van der Waals surface area contributed by atoms with Crippen molar-refractivity contribution in [2.24, 2.45) is 5.92 Å². The summed E-state index contributed by atoms with van der Waals surface area (Å²) in [5.74, 6) is 0.891. The number of hydrogen-bond acceptors (Lipinski definition) is 3. The summed E-state index contributed by atoms with van der Waals surface area (Å²) >= 11 is 0. The lowest BCUT2D eigenvalue weighted by Crippen LogP contribution is -2.65. The van der Waals surface area contributed by atoms with E-state index in [1.807, 2.05) is 0 Å². The van der Waals surface area contributed by atoms with E-state index in [1.165, 1.54) is 6.42 Å². The molecule has 0 aromatic heterocycles. The van der Waals surface area contributed by atoms with Crippen LogP contribution in [0.2, 0.25) is 0 Å². The van der Waals surface area contributed by atoms with E-state index in [9.17, 15) is 4.79 Å². The molecule has 1 saturated carbocycles. The molecule has 0 aromatic rings. The van der Waals surface area contributed by atoms with Gasteiger partial charge in [0.05, 0.1) is 12.1 Å². The number of ether oxygens (including phenoxy) is 2. The van der Waals surface area contributed by atoms with Crippen molar-refractivity contribution in [2.45, 2.75) is 77.0 Å². The standard InChI is InChI=1S/C17H31NO3/c1-5-17(6-2)16(19)18(10-7-11-20-4)14-12-13(3)8-9-15(14)21-17/h13-15H,5-12H2,1-4H3/t13-,14?,15+/m1/s1. The molecule has 1 unspecified atom stereocenters. The summed E-state index contributed by atoms with van der Waals surface area (Å²) in [5, 5.41) is 0. The maximum atomic E-state index is 13.0. The molecule has 1 aliphatic carbocycles. The second kappa shape index (κ2) is 7.10. The molecule has 0 aromatic carbocycles. The van der Waals surface area contributed by atoms with Gasteiger partial charge in [0, 0.05) is 20.3 Å². The van der Waals surface area contributed by atoms with E-state index in [2.05, 4.69) is 25.7 Å². The third-order valence-corrected chi connectivity index (χ3v) is 5.33. The predicted molar refractivity (Wildman–Crippen MR) is 83.2 cm³/mol. The molecule has 122 valence electrons. The van der Waals surface area contributed by atoms with Crippen LogP contribution < -0.4 is 0 Å². The zero-order chi connectivity index (χ0) is 15.5. The zero-order valence-corrected chi connectivity index (χ0v) is 14.1. The van der Waals surface area contributed by atoms with Gasteiger partial charge in [-0.2, -0.15) is 0 Å². The molecule has 0 N–H and O–H groups in total. The van der Waals surface area contributed by atoms with Gasteiger partial charge >= 0.3 is 0 Å². The Morgan fingerprint density at radius 3 is 2.67 bits per heavy atom. The predicted octanol–water partition coefficient (Wildman–Crippen LogP) is 3.00. The molecule has 2 rings (SSSR count).